The molecule has 11 heteroatoms. The van der Waals surface area contributed by atoms with Crippen molar-refractivity contribution >= 4 is 0 Å². The lowest BCUT2D eigenvalue weighted by atomic mass is 10.1. The molecule has 2 aromatic heterocycles. The van der Waals surface area contributed by atoms with Gasteiger partial charge < -0.3 is 14.9 Å². The van der Waals surface area contributed by atoms with Gasteiger partial charge >= 0.3 is 11.4 Å². The second-order valence-electron chi connectivity index (χ2n) is 5.26. The summed E-state index contributed by atoms with van der Waals surface area (Å²) in [6, 6.07) is 1.05. The zero-order valence-electron chi connectivity index (χ0n) is 12.2. The van der Waals surface area contributed by atoms with Crippen molar-refractivity contribution in [1.82, 2.24) is 19.1 Å². The van der Waals surface area contributed by atoms with Crippen molar-refractivity contribution in [2.45, 2.75) is 24.5 Å². The van der Waals surface area contributed by atoms with Gasteiger partial charge in [-0.3, -0.25) is 28.7 Å². The lowest BCUT2D eigenvalue weighted by Crippen LogP contribution is -2.41. The summed E-state index contributed by atoms with van der Waals surface area (Å²) in [6.45, 7) is -0.551. The van der Waals surface area contributed by atoms with Crippen LogP contribution < -0.4 is 22.5 Å². The predicted molar refractivity (Wildman–Crippen MR) is 78.7 cm³/mol. The van der Waals surface area contributed by atoms with Gasteiger partial charge in [0.2, 0.25) is 0 Å². The zero-order valence-corrected chi connectivity index (χ0v) is 12.2. The van der Waals surface area contributed by atoms with Crippen molar-refractivity contribution in [3.63, 3.8) is 0 Å². The first-order valence-corrected chi connectivity index (χ1v) is 6.99. The molecule has 24 heavy (non-hydrogen) atoms. The number of hydrogen-bond acceptors (Lipinski definition) is 7. The van der Waals surface area contributed by atoms with Crippen LogP contribution in [0.15, 0.2) is 43.7 Å². The molecule has 3 rings (SSSR count). The van der Waals surface area contributed by atoms with Gasteiger partial charge in [0, 0.05) is 24.5 Å². The maximum atomic E-state index is 12.0. The lowest BCUT2D eigenvalue weighted by Gasteiger charge is -2.23. The Bertz CT molecular complexity index is 971. The van der Waals surface area contributed by atoms with E-state index in [2.05, 4.69) is 0 Å². The van der Waals surface area contributed by atoms with Gasteiger partial charge in [-0.2, -0.15) is 0 Å². The summed E-state index contributed by atoms with van der Waals surface area (Å²) in [4.78, 5) is 50.5. The topological polar surface area (TPSA) is 159 Å². The van der Waals surface area contributed by atoms with Gasteiger partial charge in [0.15, 0.2) is 6.23 Å². The van der Waals surface area contributed by atoms with Crippen LogP contribution in [0.4, 0.5) is 0 Å². The minimum Gasteiger partial charge on any atom is -0.394 e. The third-order valence-electron chi connectivity index (χ3n) is 3.81. The van der Waals surface area contributed by atoms with Crippen molar-refractivity contribution in [3.8, 4) is 0 Å². The summed E-state index contributed by atoms with van der Waals surface area (Å²) in [5.41, 5.74) is -2.86. The van der Waals surface area contributed by atoms with Gasteiger partial charge in [0.25, 0.3) is 11.1 Å². The molecule has 1 fully saturated rings. The average molecular weight is 338 g/mol. The molecule has 0 aliphatic carbocycles. The van der Waals surface area contributed by atoms with Crippen LogP contribution in [0.5, 0.6) is 0 Å². The second-order valence-corrected chi connectivity index (χ2v) is 5.26. The van der Waals surface area contributed by atoms with E-state index in [4.69, 9.17) is 4.74 Å². The van der Waals surface area contributed by atoms with Crippen molar-refractivity contribution < 1.29 is 14.9 Å². The molecule has 1 saturated heterocycles. The molecule has 4 atom stereocenters. The Hall–Kier alpha value is -2.76. The molecule has 0 aromatic carbocycles. The Morgan fingerprint density at radius 2 is 1.54 bits per heavy atom. The Balaban J connectivity index is 2.15. The van der Waals surface area contributed by atoms with Crippen LogP contribution in [0, 0.1) is 0 Å². The number of hydrogen-bond donors (Lipinski definition) is 4. The van der Waals surface area contributed by atoms with E-state index < -0.39 is 53.6 Å². The number of aliphatic hydroxyl groups excluding tert-OH is 2. The first-order chi connectivity index (χ1) is 11.4. The highest BCUT2D eigenvalue weighted by Crippen LogP contribution is 2.36. The fraction of sp³-hybridized carbons (Fsp3) is 0.385. The van der Waals surface area contributed by atoms with Crippen LogP contribution in [0.25, 0.3) is 0 Å². The summed E-state index contributed by atoms with van der Waals surface area (Å²) in [5, 5.41) is 19.7. The summed E-state index contributed by atoms with van der Waals surface area (Å²) in [6.07, 6.45) is -1.26. The Labute approximate surface area is 132 Å². The Morgan fingerprint density at radius 1 is 1.00 bits per heavy atom. The number of rotatable bonds is 3. The number of nitrogens with zero attached hydrogens (tertiary/aromatic N) is 2. The minimum atomic E-state index is -1.33. The standard InChI is InChI=1S/C13H14N4O7/c18-5-6-10(21)9(16-3-1-7(19)14-12(16)22)11(24-6)17-4-2-8(20)15-13(17)23/h1-4,6,9-11,18,21H,5H2,(H,14,19,22)(H,15,20,23)/t6-,9-,10-,11-/m1/s1. The van der Waals surface area contributed by atoms with Crippen molar-refractivity contribution in [3.05, 3.63) is 66.2 Å². The molecule has 128 valence electrons. The monoisotopic (exact) mass is 338 g/mol. The van der Waals surface area contributed by atoms with Gasteiger partial charge in [-0.05, 0) is 0 Å². The molecule has 0 unspecified atom stereocenters. The van der Waals surface area contributed by atoms with E-state index in [-0.39, 0.29) is 0 Å². The molecule has 11 nitrogen and oxygen atoms in total. The largest absolute Gasteiger partial charge is 0.394 e. The third-order valence-corrected chi connectivity index (χ3v) is 3.81. The number of aromatic nitrogens is 4. The highest BCUT2D eigenvalue weighted by atomic mass is 16.5. The second kappa shape index (κ2) is 6.03. The van der Waals surface area contributed by atoms with Crippen molar-refractivity contribution in [1.29, 1.82) is 0 Å². The van der Waals surface area contributed by atoms with Crippen LogP contribution in [0.3, 0.4) is 0 Å². The number of aromatic amines is 2. The zero-order chi connectivity index (χ0) is 17.4. The molecule has 3 heterocycles. The number of ether oxygens (including phenoxy) is 1. The Morgan fingerprint density at radius 3 is 2.04 bits per heavy atom. The fourth-order valence-electron chi connectivity index (χ4n) is 2.70. The summed E-state index contributed by atoms with van der Waals surface area (Å²) >= 11 is 0. The molecular weight excluding hydrogens is 324 g/mol. The van der Waals surface area contributed by atoms with E-state index in [0.717, 1.165) is 33.7 Å². The highest BCUT2D eigenvalue weighted by Gasteiger charge is 2.46. The van der Waals surface area contributed by atoms with Crippen LogP contribution >= 0.6 is 0 Å². The molecule has 0 saturated carbocycles. The number of nitrogens with one attached hydrogen (secondary N) is 2. The quantitative estimate of drug-likeness (QED) is 0.460. The van der Waals surface area contributed by atoms with Gasteiger partial charge in [0.05, 0.1) is 6.61 Å². The van der Waals surface area contributed by atoms with E-state index in [1.54, 1.807) is 0 Å². The number of H-pyrrole nitrogens is 2. The first-order valence-electron chi connectivity index (χ1n) is 6.99. The maximum Gasteiger partial charge on any atom is 0.330 e. The SMILES string of the molecule is O=c1ccn([C@@H]2[C@H](O)[C@@H](CO)O[C@H]2n2ccc(=O)[nH]c2=O)c(=O)[nH]1. The van der Waals surface area contributed by atoms with Gasteiger partial charge in [0.1, 0.15) is 18.2 Å². The Kier molecular flexibility index (Phi) is 4.05. The fourth-order valence-corrected chi connectivity index (χ4v) is 2.70. The van der Waals surface area contributed by atoms with E-state index in [1.807, 2.05) is 9.97 Å². The molecule has 0 spiro atoms. The third kappa shape index (κ3) is 2.64. The smallest absolute Gasteiger partial charge is 0.330 e. The molecule has 0 amide bonds. The lowest BCUT2D eigenvalue weighted by molar-refractivity contribution is -0.0478. The molecule has 0 bridgehead atoms. The van der Waals surface area contributed by atoms with E-state index in [0.29, 0.717) is 0 Å². The molecule has 1 aliphatic rings. The summed E-state index contributed by atoms with van der Waals surface area (Å²) in [7, 11) is 0. The normalized spacial score (nSPS) is 26.6. The van der Waals surface area contributed by atoms with Gasteiger partial charge in [-0.15, -0.1) is 0 Å². The van der Waals surface area contributed by atoms with Crippen LogP contribution in [-0.2, 0) is 4.74 Å². The van der Waals surface area contributed by atoms with Crippen molar-refractivity contribution in [2.24, 2.45) is 0 Å². The van der Waals surface area contributed by atoms with Crippen LogP contribution in [0.1, 0.15) is 12.3 Å². The molecule has 1 aliphatic heterocycles. The average Bonchev–Trinajstić information content (AvgIpc) is 2.84. The summed E-state index contributed by atoms with van der Waals surface area (Å²) in [5.74, 6) is 0. The minimum absolute atomic E-state index is 0.551. The predicted octanol–water partition coefficient (Wildman–Crippen LogP) is -3.12. The van der Waals surface area contributed by atoms with E-state index in [1.165, 1.54) is 0 Å². The molecule has 4 N–H and O–H groups in total. The van der Waals surface area contributed by atoms with Crippen LogP contribution in [-0.4, -0.2) is 48.1 Å². The first kappa shape index (κ1) is 16.1. The van der Waals surface area contributed by atoms with Gasteiger partial charge in [-0.1, -0.05) is 0 Å². The molecule has 2 aromatic rings. The van der Waals surface area contributed by atoms with Crippen LogP contribution in [0.2, 0.25) is 0 Å². The van der Waals surface area contributed by atoms with Gasteiger partial charge in [-0.25, -0.2) is 9.59 Å². The number of aliphatic hydroxyl groups is 2. The summed E-state index contributed by atoms with van der Waals surface area (Å²) < 4.78 is 7.46. The van der Waals surface area contributed by atoms with E-state index in [9.17, 15) is 29.4 Å². The van der Waals surface area contributed by atoms with Crippen molar-refractivity contribution in [2.75, 3.05) is 6.61 Å². The molecule has 0 radical (unpaired) electrons. The molecular formula is C13H14N4O7. The van der Waals surface area contributed by atoms with E-state index >= 15 is 0 Å². The maximum absolute atomic E-state index is 12.0. The highest BCUT2D eigenvalue weighted by molar-refractivity contribution is 4.98.